The zero-order valence-corrected chi connectivity index (χ0v) is 13.6. The molecule has 2 N–H and O–H groups in total. The zero-order valence-electron chi connectivity index (χ0n) is 11.2. The number of primary sulfonamides is 1. The van der Waals surface area contributed by atoms with Crippen LogP contribution in [0.4, 0.5) is 4.39 Å². The van der Waals surface area contributed by atoms with Gasteiger partial charge in [-0.1, -0.05) is 29.8 Å². The minimum Gasteiger partial charge on any atom is -0.459 e. The highest BCUT2D eigenvalue weighted by Crippen LogP contribution is 2.24. The molecule has 0 radical (unpaired) electrons. The number of esters is 1. The first-order valence-electron chi connectivity index (χ1n) is 5.77. The van der Waals surface area contributed by atoms with E-state index in [4.69, 9.17) is 9.88 Å². The highest BCUT2D eigenvalue weighted by Gasteiger charge is 2.25. The molecule has 0 heterocycles. The molecular weight excluding hydrogens is 353 g/mol. The van der Waals surface area contributed by atoms with Gasteiger partial charge < -0.3 is 4.74 Å². The molecule has 0 bridgehead atoms. The number of halogens is 2. The van der Waals surface area contributed by atoms with Crippen molar-refractivity contribution in [2.45, 2.75) is 31.8 Å². The largest absolute Gasteiger partial charge is 0.459 e. The maximum atomic E-state index is 14.1. The summed E-state index contributed by atoms with van der Waals surface area (Å²) in [7, 11) is -4.27. The fourth-order valence-electron chi connectivity index (χ4n) is 1.29. The van der Waals surface area contributed by atoms with E-state index in [1.807, 2.05) is 13.8 Å². The lowest BCUT2D eigenvalue weighted by Gasteiger charge is -2.17. The predicted molar refractivity (Wildman–Crippen MR) is 75.2 cm³/mol. The Labute approximate surface area is 125 Å². The Morgan fingerprint density at radius 1 is 1.35 bits per heavy atom. The molecule has 0 amide bonds. The van der Waals surface area contributed by atoms with Crippen LogP contribution in [0.1, 0.15) is 31.1 Å². The van der Waals surface area contributed by atoms with Gasteiger partial charge in [-0.3, -0.25) is 0 Å². The molecule has 1 atom stereocenters. The van der Waals surface area contributed by atoms with Crippen LogP contribution in [0.25, 0.3) is 0 Å². The molecule has 112 valence electrons. The van der Waals surface area contributed by atoms with E-state index in [0.29, 0.717) is 0 Å². The second kappa shape index (κ2) is 6.19. The molecule has 0 aliphatic rings. The summed E-state index contributed by atoms with van der Waals surface area (Å²) >= 11 is 3.01. The Morgan fingerprint density at radius 3 is 2.35 bits per heavy atom. The standard InChI is InChI=1S/C12H15BrFNO4S/c1-6(2)7(3)19-12(16)9-4-8(13)5-10(11(9)14)20(15,17)18/h4-7H,1-3H3,(H2,15,17,18). The number of ether oxygens (including phenoxy) is 1. The van der Waals surface area contributed by atoms with Gasteiger partial charge in [0.25, 0.3) is 0 Å². The van der Waals surface area contributed by atoms with Crippen molar-refractivity contribution < 1.29 is 22.3 Å². The quantitative estimate of drug-likeness (QED) is 0.827. The second-order valence-corrected chi connectivity index (χ2v) is 7.11. The number of rotatable bonds is 4. The Hall–Kier alpha value is -0.990. The molecule has 20 heavy (non-hydrogen) atoms. The van der Waals surface area contributed by atoms with Crippen molar-refractivity contribution in [3.8, 4) is 0 Å². The summed E-state index contributed by atoms with van der Waals surface area (Å²) in [4.78, 5) is 11.1. The summed E-state index contributed by atoms with van der Waals surface area (Å²) in [5, 5.41) is 4.90. The van der Waals surface area contributed by atoms with Gasteiger partial charge in [-0.15, -0.1) is 0 Å². The van der Waals surface area contributed by atoms with Crippen molar-refractivity contribution in [3.63, 3.8) is 0 Å². The van der Waals surface area contributed by atoms with Crippen molar-refractivity contribution in [2.75, 3.05) is 0 Å². The molecule has 0 saturated heterocycles. The highest BCUT2D eigenvalue weighted by molar-refractivity contribution is 9.10. The Bertz CT molecular complexity index is 631. The molecule has 0 fully saturated rings. The van der Waals surface area contributed by atoms with Gasteiger partial charge in [0, 0.05) is 4.47 Å². The van der Waals surface area contributed by atoms with Crippen LogP contribution >= 0.6 is 15.9 Å². The molecule has 0 aromatic heterocycles. The van der Waals surface area contributed by atoms with E-state index in [1.54, 1.807) is 6.92 Å². The fraction of sp³-hybridized carbons (Fsp3) is 0.417. The van der Waals surface area contributed by atoms with Crippen LogP contribution in [-0.2, 0) is 14.8 Å². The number of sulfonamides is 1. The molecule has 0 aliphatic heterocycles. The molecule has 8 heteroatoms. The summed E-state index contributed by atoms with van der Waals surface area (Å²) < 4.78 is 41.9. The molecule has 1 aromatic rings. The number of carbonyl (C=O) groups excluding carboxylic acids is 1. The smallest absolute Gasteiger partial charge is 0.341 e. The van der Waals surface area contributed by atoms with Crippen molar-refractivity contribution in [3.05, 3.63) is 28.0 Å². The number of benzene rings is 1. The van der Waals surface area contributed by atoms with E-state index in [-0.39, 0.29) is 10.4 Å². The molecule has 1 aromatic carbocycles. The average Bonchev–Trinajstić information content (AvgIpc) is 2.29. The third-order valence-corrected chi connectivity index (χ3v) is 4.13. The predicted octanol–water partition coefficient (Wildman–Crippen LogP) is 2.44. The van der Waals surface area contributed by atoms with Crippen LogP contribution in [0, 0.1) is 11.7 Å². The lowest BCUT2D eigenvalue weighted by atomic mass is 10.1. The molecule has 1 rings (SSSR count). The van der Waals surface area contributed by atoms with Crippen LogP contribution in [0.2, 0.25) is 0 Å². The summed E-state index contributed by atoms with van der Waals surface area (Å²) in [5.74, 6) is -2.10. The molecule has 0 spiro atoms. The average molecular weight is 368 g/mol. The zero-order chi connectivity index (χ0) is 15.7. The van der Waals surface area contributed by atoms with Crippen LogP contribution in [-0.4, -0.2) is 20.5 Å². The van der Waals surface area contributed by atoms with Crippen molar-refractivity contribution in [1.29, 1.82) is 0 Å². The number of hydrogen-bond donors (Lipinski definition) is 1. The summed E-state index contributed by atoms with van der Waals surface area (Å²) in [6, 6.07) is 2.15. The van der Waals surface area contributed by atoms with Gasteiger partial charge in [-0.2, -0.15) is 0 Å². The van der Waals surface area contributed by atoms with Crippen molar-refractivity contribution in [2.24, 2.45) is 11.1 Å². The first kappa shape index (κ1) is 17.1. The molecule has 0 aliphatic carbocycles. The van der Waals surface area contributed by atoms with E-state index in [1.165, 1.54) is 0 Å². The first-order chi connectivity index (χ1) is 9.04. The third kappa shape index (κ3) is 4.00. The van der Waals surface area contributed by atoms with Gasteiger partial charge in [0.2, 0.25) is 10.0 Å². The number of hydrogen-bond acceptors (Lipinski definition) is 4. The molecule has 5 nitrogen and oxygen atoms in total. The minimum absolute atomic E-state index is 0.0480. The lowest BCUT2D eigenvalue weighted by Crippen LogP contribution is -2.22. The second-order valence-electron chi connectivity index (χ2n) is 4.66. The summed E-state index contributed by atoms with van der Waals surface area (Å²) in [6.07, 6.45) is -0.432. The monoisotopic (exact) mass is 367 g/mol. The minimum atomic E-state index is -4.27. The van der Waals surface area contributed by atoms with Crippen LogP contribution in [0.15, 0.2) is 21.5 Å². The Balaban J connectivity index is 3.26. The highest BCUT2D eigenvalue weighted by atomic mass is 79.9. The lowest BCUT2D eigenvalue weighted by molar-refractivity contribution is 0.0232. The maximum Gasteiger partial charge on any atom is 0.341 e. The number of nitrogens with two attached hydrogens (primary N) is 1. The first-order valence-corrected chi connectivity index (χ1v) is 8.10. The van der Waals surface area contributed by atoms with E-state index in [0.717, 1.165) is 12.1 Å². The summed E-state index contributed by atoms with van der Waals surface area (Å²) in [6.45, 7) is 5.34. The van der Waals surface area contributed by atoms with Gasteiger partial charge in [0.05, 0.1) is 5.56 Å². The van der Waals surface area contributed by atoms with Crippen molar-refractivity contribution in [1.82, 2.24) is 0 Å². The molecule has 0 saturated carbocycles. The fourth-order valence-corrected chi connectivity index (χ4v) is 2.55. The van der Waals surface area contributed by atoms with E-state index >= 15 is 0 Å². The Kier molecular flexibility index (Phi) is 5.28. The van der Waals surface area contributed by atoms with Crippen molar-refractivity contribution >= 4 is 31.9 Å². The normalized spacial score (nSPS) is 13.3. The maximum absolute atomic E-state index is 14.1. The Morgan fingerprint density at radius 2 is 1.90 bits per heavy atom. The van der Waals surface area contributed by atoms with Crippen LogP contribution < -0.4 is 5.14 Å². The van der Waals surface area contributed by atoms with E-state index in [9.17, 15) is 17.6 Å². The van der Waals surface area contributed by atoms with E-state index < -0.39 is 38.4 Å². The number of carbonyl (C=O) groups is 1. The third-order valence-electron chi connectivity index (χ3n) is 2.76. The van der Waals surface area contributed by atoms with Crippen LogP contribution in [0.5, 0.6) is 0 Å². The molecule has 1 unspecified atom stereocenters. The topological polar surface area (TPSA) is 86.5 Å². The van der Waals surface area contributed by atoms with Gasteiger partial charge in [-0.25, -0.2) is 22.7 Å². The van der Waals surface area contributed by atoms with Gasteiger partial charge in [0.1, 0.15) is 11.0 Å². The SMILES string of the molecule is CC(C)C(C)OC(=O)c1cc(Br)cc(S(N)(=O)=O)c1F. The van der Waals surface area contributed by atoms with Gasteiger partial charge >= 0.3 is 5.97 Å². The molecular formula is C12H15BrFNO4S. The van der Waals surface area contributed by atoms with E-state index in [2.05, 4.69) is 15.9 Å². The van der Waals surface area contributed by atoms with Crippen LogP contribution in [0.3, 0.4) is 0 Å². The van der Waals surface area contributed by atoms with Gasteiger partial charge in [0.15, 0.2) is 5.82 Å². The summed E-state index contributed by atoms with van der Waals surface area (Å²) in [5.41, 5.74) is -0.476. The van der Waals surface area contributed by atoms with Gasteiger partial charge in [-0.05, 0) is 25.0 Å².